The first-order chi connectivity index (χ1) is 10.7. The van der Waals surface area contributed by atoms with Gasteiger partial charge in [-0.2, -0.15) is 0 Å². The fourth-order valence-electron chi connectivity index (χ4n) is 2.36. The van der Waals surface area contributed by atoms with E-state index in [1.165, 1.54) is 11.1 Å². The standard InChI is InChI=1S/C19H26N2O/c1-21(2)15-14-20-13-12-19(22)18-10-8-17(9-11-18)16-6-4-3-5-7-16/h3-11,19-20,22H,12-15H2,1-2H3. The number of likely N-dealkylation sites (N-methyl/N-ethyl adjacent to an activating group) is 1. The molecule has 2 aromatic rings. The fraction of sp³-hybridized carbons (Fsp3) is 0.368. The molecule has 2 N–H and O–H groups in total. The molecule has 0 aromatic heterocycles. The van der Waals surface area contributed by atoms with Crippen LogP contribution in [-0.2, 0) is 0 Å². The van der Waals surface area contributed by atoms with Crippen molar-refractivity contribution >= 4 is 0 Å². The van der Waals surface area contributed by atoms with Crippen molar-refractivity contribution in [3.63, 3.8) is 0 Å². The van der Waals surface area contributed by atoms with Crippen LogP contribution < -0.4 is 5.32 Å². The van der Waals surface area contributed by atoms with Crippen molar-refractivity contribution in [1.29, 1.82) is 0 Å². The second-order valence-electron chi connectivity index (χ2n) is 5.85. The third kappa shape index (κ3) is 5.26. The van der Waals surface area contributed by atoms with E-state index in [-0.39, 0.29) is 0 Å². The zero-order valence-corrected chi connectivity index (χ0v) is 13.5. The zero-order chi connectivity index (χ0) is 15.8. The molecular formula is C19H26N2O. The summed E-state index contributed by atoms with van der Waals surface area (Å²) in [6, 6.07) is 18.5. The first-order valence-corrected chi connectivity index (χ1v) is 7.85. The number of aliphatic hydroxyl groups is 1. The highest BCUT2D eigenvalue weighted by Gasteiger charge is 2.07. The Morgan fingerprint density at radius 2 is 1.55 bits per heavy atom. The number of hydrogen-bond donors (Lipinski definition) is 2. The van der Waals surface area contributed by atoms with E-state index in [0.717, 1.165) is 31.6 Å². The lowest BCUT2D eigenvalue weighted by molar-refractivity contribution is 0.166. The smallest absolute Gasteiger partial charge is 0.0802 e. The van der Waals surface area contributed by atoms with Crippen LogP contribution in [0.2, 0.25) is 0 Å². The van der Waals surface area contributed by atoms with Crippen LogP contribution in [0, 0.1) is 0 Å². The van der Waals surface area contributed by atoms with Gasteiger partial charge in [-0.15, -0.1) is 0 Å². The highest BCUT2D eigenvalue weighted by Crippen LogP contribution is 2.22. The molecule has 2 rings (SSSR count). The number of nitrogens with zero attached hydrogens (tertiary/aromatic N) is 1. The van der Waals surface area contributed by atoms with Crippen molar-refractivity contribution in [3.05, 3.63) is 60.2 Å². The molecule has 0 amide bonds. The maximum Gasteiger partial charge on any atom is 0.0802 e. The molecule has 22 heavy (non-hydrogen) atoms. The van der Waals surface area contributed by atoms with Crippen LogP contribution >= 0.6 is 0 Å². The molecule has 1 atom stereocenters. The molecule has 0 aliphatic heterocycles. The largest absolute Gasteiger partial charge is 0.388 e. The van der Waals surface area contributed by atoms with Crippen molar-refractivity contribution in [1.82, 2.24) is 10.2 Å². The molecule has 0 saturated heterocycles. The molecule has 0 saturated carbocycles. The van der Waals surface area contributed by atoms with E-state index in [4.69, 9.17) is 0 Å². The van der Waals surface area contributed by atoms with Gasteiger partial charge in [0.1, 0.15) is 0 Å². The van der Waals surface area contributed by atoms with Gasteiger partial charge in [-0.25, -0.2) is 0 Å². The van der Waals surface area contributed by atoms with Crippen LogP contribution in [0.25, 0.3) is 11.1 Å². The Labute approximate surface area is 133 Å². The average Bonchev–Trinajstić information content (AvgIpc) is 2.55. The number of benzene rings is 2. The van der Waals surface area contributed by atoms with Crippen LogP contribution in [0.3, 0.4) is 0 Å². The quantitative estimate of drug-likeness (QED) is 0.736. The summed E-state index contributed by atoms with van der Waals surface area (Å²) in [7, 11) is 4.12. The minimum atomic E-state index is -0.406. The Kier molecular flexibility index (Phi) is 6.59. The van der Waals surface area contributed by atoms with Gasteiger partial charge in [0.05, 0.1) is 6.10 Å². The molecule has 0 heterocycles. The van der Waals surface area contributed by atoms with E-state index in [1.807, 2.05) is 30.3 Å². The predicted octanol–water partition coefficient (Wildman–Crippen LogP) is 2.93. The van der Waals surface area contributed by atoms with Gasteiger partial charge in [-0.05, 0) is 43.8 Å². The van der Waals surface area contributed by atoms with E-state index < -0.39 is 6.10 Å². The third-order valence-corrected chi connectivity index (χ3v) is 3.73. The monoisotopic (exact) mass is 298 g/mol. The summed E-state index contributed by atoms with van der Waals surface area (Å²) in [4.78, 5) is 2.14. The predicted molar refractivity (Wildman–Crippen MR) is 92.9 cm³/mol. The molecule has 0 radical (unpaired) electrons. The Morgan fingerprint density at radius 3 is 2.18 bits per heavy atom. The number of nitrogens with one attached hydrogen (secondary N) is 1. The van der Waals surface area contributed by atoms with E-state index in [1.54, 1.807) is 0 Å². The van der Waals surface area contributed by atoms with Crippen molar-refractivity contribution in [2.45, 2.75) is 12.5 Å². The highest BCUT2D eigenvalue weighted by atomic mass is 16.3. The first kappa shape index (κ1) is 16.7. The average molecular weight is 298 g/mol. The Hall–Kier alpha value is -1.68. The second-order valence-corrected chi connectivity index (χ2v) is 5.85. The van der Waals surface area contributed by atoms with Crippen LogP contribution in [0.5, 0.6) is 0 Å². The Bertz CT molecular complexity index is 537. The van der Waals surface area contributed by atoms with E-state index in [9.17, 15) is 5.11 Å². The number of aliphatic hydroxyl groups excluding tert-OH is 1. The van der Waals surface area contributed by atoms with E-state index >= 15 is 0 Å². The maximum atomic E-state index is 10.2. The van der Waals surface area contributed by atoms with Gasteiger partial charge in [-0.3, -0.25) is 0 Å². The maximum absolute atomic E-state index is 10.2. The summed E-state index contributed by atoms with van der Waals surface area (Å²) in [6.45, 7) is 2.80. The topological polar surface area (TPSA) is 35.5 Å². The van der Waals surface area contributed by atoms with Crippen molar-refractivity contribution in [2.24, 2.45) is 0 Å². The van der Waals surface area contributed by atoms with Gasteiger partial charge in [0, 0.05) is 13.1 Å². The molecule has 0 aliphatic rings. The molecule has 3 nitrogen and oxygen atoms in total. The fourth-order valence-corrected chi connectivity index (χ4v) is 2.36. The van der Waals surface area contributed by atoms with Gasteiger partial charge in [0.25, 0.3) is 0 Å². The van der Waals surface area contributed by atoms with Crippen LogP contribution in [0.15, 0.2) is 54.6 Å². The van der Waals surface area contributed by atoms with Crippen LogP contribution in [0.4, 0.5) is 0 Å². The van der Waals surface area contributed by atoms with Crippen molar-refractivity contribution in [3.8, 4) is 11.1 Å². The summed E-state index contributed by atoms with van der Waals surface area (Å²) < 4.78 is 0. The number of hydrogen-bond acceptors (Lipinski definition) is 3. The normalized spacial score (nSPS) is 12.5. The van der Waals surface area contributed by atoms with Gasteiger partial charge in [0.15, 0.2) is 0 Å². The zero-order valence-electron chi connectivity index (χ0n) is 13.5. The lowest BCUT2D eigenvalue weighted by atomic mass is 10.0. The highest BCUT2D eigenvalue weighted by molar-refractivity contribution is 5.63. The Morgan fingerprint density at radius 1 is 0.909 bits per heavy atom. The van der Waals surface area contributed by atoms with Crippen molar-refractivity contribution in [2.75, 3.05) is 33.7 Å². The summed E-state index contributed by atoms with van der Waals surface area (Å²) in [5, 5.41) is 13.6. The molecule has 0 bridgehead atoms. The lowest BCUT2D eigenvalue weighted by Gasteiger charge is -2.14. The first-order valence-electron chi connectivity index (χ1n) is 7.85. The molecule has 3 heteroatoms. The van der Waals surface area contributed by atoms with E-state index in [0.29, 0.717) is 0 Å². The van der Waals surface area contributed by atoms with Gasteiger partial charge >= 0.3 is 0 Å². The van der Waals surface area contributed by atoms with Gasteiger partial charge < -0.3 is 15.3 Å². The molecule has 2 aromatic carbocycles. The minimum absolute atomic E-state index is 0.406. The van der Waals surface area contributed by atoms with Crippen LogP contribution in [0.1, 0.15) is 18.1 Å². The van der Waals surface area contributed by atoms with Gasteiger partial charge in [0.2, 0.25) is 0 Å². The summed E-state index contributed by atoms with van der Waals surface area (Å²) >= 11 is 0. The summed E-state index contributed by atoms with van der Waals surface area (Å²) in [6.07, 6.45) is 0.328. The van der Waals surface area contributed by atoms with E-state index in [2.05, 4.69) is 48.6 Å². The van der Waals surface area contributed by atoms with Gasteiger partial charge in [-0.1, -0.05) is 54.6 Å². The summed E-state index contributed by atoms with van der Waals surface area (Å²) in [5.74, 6) is 0. The van der Waals surface area contributed by atoms with Crippen molar-refractivity contribution < 1.29 is 5.11 Å². The lowest BCUT2D eigenvalue weighted by Crippen LogP contribution is -2.27. The SMILES string of the molecule is CN(C)CCNCCC(O)c1ccc(-c2ccccc2)cc1. The third-order valence-electron chi connectivity index (χ3n) is 3.73. The minimum Gasteiger partial charge on any atom is -0.388 e. The molecule has 0 aliphatic carbocycles. The van der Waals surface area contributed by atoms with Crippen LogP contribution in [-0.4, -0.2) is 43.7 Å². The molecule has 0 fully saturated rings. The molecular weight excluding hydrogens is 272 g/mol. The second kappa shape index (κ2) is 8.69. The molecule has 118 valence electrons. The molecule has 0 spiro atoms. The summed E-state index contributed by atoms with van der Waals surface area (Å²) in [5.41, 5.74) is 3.36. The molecule has 1 unspecified atom stereocenters. The number of rotatable bonds is 8. The Balaban J connectivity index is 1.82.